The maximum Gasteiger partial charge on any atom is 0.271 e. The molecule has 1 saturated heterocycles. The van der Waals surface area contributed by atoms with E-state index in [0.717, 1.165) is 27.4 Å². The van der Waals surface area contributed by atoms with E-state index < -0.39 is 0 Å². The van der Waals surface area contributed by atoms with Crippen LogP contribution in [0.3, 0.4) is 0 Å². The number of nitrogens with zero attached hydrogens (tertiary/aromatic N) is 2. The lowest BCUT2D eigenvalue weighted by Gasteiger charge is -2.18. The minimum absolute atomic E-state index is 0.0324. The Kier molecular flexibility index (Phi) is 4.97. The Morgan fingerprint density at radius 2 is 1.67 bits per heavy atom. The smallest absolute Gasteiger partial charge is 0.268 e. The van der Waals surface area contributed by atoms with Crippen molar-refractivity contribution in [2.75, 3.05) is 4.90 Å². The fraction of sp³-hybridized carbons (Fsp3) is 0.0909. The standard InChI is InChI=1S/C22H18N2OS2/c1-15-8-3-5-11-18(15)23-22-24(19-12-6-4-9-16(19)2)21(25)20(27-22)14-17-10-7-13-26-17/h3-14H,1-2H3/b20-14+,23-22?. The molecule has 1 amide bonds. The Labute approximate surface area is 167 Å². The zero-order valence-electron chi connectivity index (χ0n) is 15.0. The van der Waals surface area contributed by atoms with Crippen molar-refractivity contribution in [1.82, 2.24) is 0 Å². The van der Waals surface area contributed by atoms with Crippen LogP contribution in [0.1, 0.15) is 16.0 Å². The van der Waals surface area contributed by atoms with E-state index in [-0.39, 0.29) is 5.91 Å². The molecule has 0 aliphatic carbocycles. The van der Waals surface area contributed by atoms with Gasteiger partial charge in [-0.2, -0.15) is 0 Å². The normalized spacial score (nSPS) is 17.3. The van der Waals surface area contributed by atoms with Crippen LogP contribution >= 0.6 is 23.1 Å². The maximum atomic E-state index is 13.2. The minimum atomic E-state index is -0.0324. The summed E-state index contributed by atoms with van der Waals surface area (Å²) in [7, 11) is 0. The van der Waals surface area contributed by atoms with E-state index in [2.05, 4.69) is 0 Å². The lowest BCUT2D eigenvalue weighted by molar-refractivity contribution is -0.113. The maximum absolute atomic E-state index is 13.2. The van der Waals surface area contributed by atoms with Crippen LogP contribution in [-0.4, -0.2) is 11.1 Å². The molecule has 1 fully saturated rings. The van der Waals surface area contributed by atoms with Crippen LogP contribution in [0.2, 0.25) is 0 Å². The number of thioether (sulfide) groups is 1. The van der Waals surface area contributed by atoms with Gasteiger partial charge in [-0.25, -0.2) is 4.99 Å². The first-order chi connectivity index (χ1) is 13.1. The van der Waals surface area contributed by atoms with Gasteiger partial charge in [-0.3, -0.25) is 9.69 Å². The SMILES string of the molecule is Cc1ccccc1N=C1S/C(=C/c2cccs2)C(=O)N1c1ccccc1C. The van der Waals surface area contributed by atoms with Gasteiger partial charge < -0.3 is 0 Å². The summed E-state index contributed by atoms with van der Waals surface area (Å²) < 4.78 is 0. The van der Waals surface area contributed by atoms with Crippen molar-refractivity contribution in [3.63, 3.8) is 0 Å². The van der Waals surface area contributed by atoms with E-state index in [9.17, 15) is 4.79 Å². The lowest BCUT2D eigenvalue weighted by atomic mass is 10.2. The number of anilines is 1. The van der Waals surface area contributed by atoms with Crippen molar-refractivity contribution in [2.45, 2.75) is 13.8 Å². The summed E-state index contributed by atoms with van der Waals surface area (Å²) >= 11 is 3.05. The van der Waals surface area contributed by atoms with Gasteiger partial charge in [-0.1, -0.05) is 42.5 Å². The van der Waals surface area contributed by atoms with E-state index in [1.807, 2.05) is 86.0 Å². The van der Waals surface area contributed by atoms with E-state index in [1.54, 1.807) is 16.2 Å². The lowest BCUT2D eigenvalue weighted by Crippen LogP contribution is -2.29. The monoisotopic (exact) mass is 390 g/mol. The van der Waals surface area contributed by atoms with Gasteiger partial charge in [0.1, 0.15) is 0 Å². The molecule has 0 radical (unpaired) electrons. The molecule has 0 N–H and O–H groups in total. The average Bonchev–Trinajstić information content (AvgIpc) is 3.27. The first-order valence-corrected chi connectivity index (χ1v) is 10.3. The highest BCUT2D eigenvalue weighted by molar-refractivity contribution is 8.19. The average molecular weight is 391 g/mol. The number of hydrogen-bond acceptors (Lipinski definition) is 4. The van der Waals surface area contributed by atoms with Crippen molar-refractivity contribution < 1.29 is 4.79 Å². The largest absolute Gasteiger partial charge is 0.271 e. The predicted molar refractivity (Wildman–Crippen MR) is 117 cm³/mol. The van der Waals surface area contributed by atoms with Crippen LogP contribution in [0.25, 0.3) is 6.08 Å². The second-order valence-corrected chi connectivity index (χ2v) is 8.22. The number of amides is 1. The summed E-state index contributed by atoms with van der Waals surface area (Å²) in [6, 6.07) is 19.9. The highest BCUT2D eigenvalue weighted by Gasteiger charge is 2.35. The Morgan fingerprint density at radius 1 is 0.926 bits per heavy atom. The van der Waals surface area contributed by atoms with Crippen LogP contribution in [-0.2, 0) is 4.79 Å². The van der Waals surface area contributed by atoms with E-state index in [0.29, 0.717) is 10.1 Å². The van der Waals surface area contributed by atoms with E-state index in [1.165, 1.54) is 11.8 Å². The summed E-state index contributed by atoms with van der Waals surface area (Å²) in [4.78, 5) is 21.5. The van der Waals surface area contributed by atoms with Gasteiger partial charge in [0.15, 0.2) is 5.17 Å². The number of benzene rings is 2. The minimum Gasteiger partial charge on any atom is -0.268 e. The topological polar surface area (TPSA) is 32.7 Å². The van der Waals surface area contributed by atoms with E-state index >= 15 is 0 Å². The Balaban J connectivity index is 1.83. The Hall–Kier alpha value is -2.63. The number of carbonyl (C=O) groups excluding carboxylic acids is 1. The van der Waals surface area contributed by atoms with Crippen molar-refractivity contribution >= 4 is 51.6 Å². The number of hydrogen-bond donors (Lipinski definition) is 0. The van der Waals surface area contributed by atoms with Crippen molar-refractivity contribution in [3.8, 4) is 0 Å². The summed E-state index contributed by atoms with van der Waals surface area (Å²) in [5.74, 6) is -0.0324. The molecule has 0 bridgehead atoms. The van der Waals surface area contributed by atoms with Crippen molar-refractivity contribution in [3.05, 3.63) is 87.0 Å². The zero-order chi connectivity index (χ0) is 18.8. The molecule has 3 aromatic rings. The molecular formula is C22H18N2OS2. The molecule has 4 rings (SSSR count). The number of aryl methyl sites for hydroxylation is 2. The van der Waals surface area contributed by atoms with Gasteiger partial charge in [0, 0.05) is 4.88 Å². The molecule has 27 heavy (non-hydrogen) atoms. The third-order valence-electron chi connectivity index (χ3n) is 4.31. The van der Waals surface area contributed by atoms with Gasteiger partial charge in [0.2, 0.25) is 0 Å². The van der Waals surface area contributed by atoms with Gasteiger partial charge in [-0.15, -0.1) is 11.3 Å². The molecule has 134 valence electrons. The Bertz CT molecular complexity index is 1050. The fourth-order valence-electron chi connectivity index (χ4n) is 2.87. The predicted octanol–water partition coefficient (Wildman–Crippen LogP) is 6.17. The molecule has 1 aliphatic rings. The molecule has 2 heterocycles. The third kappa shape index (κ3) is 3.61. The number of carbonyl (C=O) groups is 1. The second kappa shape index (κ2) is 7.55. The quantitative estimate of drug-likeness (QED) is 0.501. The number of thiophene rings is 1. The van der Waals surface area contributed by atoms with Crippen LogP contribution < -0.4 is 4.90 Å². The fourth-order valence-corrected chi connectivity index (χ4v) is 4.58. The molecule has 0 atom stereocenters. The summed E-state index contributed by atoms with van der Waals surface area (Å²) in [6.07, 6.45) is 1.95. The number of rotatable bonds is 3. The van der Waals surface area contributed by atoms with E-state index in [4.69, 9.17) is 4.99 Å². The summed E-state index contributed by atoms with van der Waals surface area (Å²) in [6.45, 7) is 4.04. The molecule has 0 unspecified atom stereocenters. The zero-order valence-corrected chi connectivity index (χ0v) is 16.7. The molecule has 1 aromatic heterocycles. The van der Waals surface area contributed by atoms with Crippen LogP contribution in [0, 0.1) is 13.8 Å². The van der Waals surface area contributed by atoms with Gasteiger partial charge in [0.05, 0.1) is 16.3 Å². The first-order valence-electron chi connectivity index (χ1n) is 8.61. The first kappa shape index (κ1) is 17.8. The molecule has 3 nitrogen and oxygen atoms in total. The second-order valence-electron chi connectivity index (χ2n) is 6.23. The Morgan fingerprint density at radius 3 is 2.37 bits per heavy atom. The highest BCUT2D eigenvalue weighted by Crippen LogP contribution is 2.39. The summed E-state index contributed by atoms with van der Waals surface area (Å²) in [5.41, 5.74) is 3.88. The van der Waals surface area contributed by atoms with Crippen molar-refractivity contribution in [2.24, 2.45) is 4.99 Å². The van der Waals surface area contributed by atoms with Crippen molar-refractivity contribution in [1.29, 1.82) is 0 Å². The van der Waals surface area contributed by atoms with Gasteiger partial charge in [-0.05, 0) is 66.4 Å². The number of amidine groups is 1. The molecule has 2 aromatic carbocycles. The number of aliphatic imine (C=N–C) groups is 1. The van der Waals surface area contributed by atoms with Crippen LogP contribution in [0.4, 0.5) is 11.4 Å². The van der Waals surface area contributed by atoms with Crippen LogP contribution in [0.5, 0.6) is 0 Å². The molecule has 0 spiro atoms. The van der Waals surface area contributed by atoms with Gasteiger partial charge in [0.25, 0.3) is 5.91 Å². The molecule has 5 heteroatoms. The number of para-hydroxylation sites is 2. The summed E-state index contributed by atoms with van der Waals surface area (Å²) in [5, 5.41) is 2.70. The molecule has 0 saturated carbocycles. The molecule has 1 aliphatic heterocycles. The highest BCUT2D eigenvalue weighted by atomic mass is 32.2. The third-order valence-corrected chi connectivity index (χ3v) is 6.10. The van der Waals surface area contributed by atoms with Crippen LogP contribution in [0.15, 0.2) is 75.9 Å². The van der Waals surface area contributed by atoms with Gasteiger partial charge >= 0.3 is 0 Å². The molecular weight excluding hydrogens is 372 g/mol.